The van der Waals surface area contributed by atoms with Crippen LogP contribution in [0.1, 0.15) is 19.3 Å². The summed E-state index contributed by atoms with van der Waals surface area (Å²) < 4.78 is 5.42. The Kier molecular flexibility index (Phi) is 3.93. The lowest BCUT2D eigenvalue weighted by Crippen LogP contribution is -2.33. The summed E-state index contributed by atoms with van der Waals surface area (Å²) in [6.45, 7) is 3.82. The van der Waals surface area contributed by atoms with Gasteiger partial charge in [0.05, 0.1) is 12.4 Å². The van der Waals surface area contributed by atoms with Crippen molar-refractivity contribution < 1.29 is 4.74 Å². The molecule has 1 N–H and O–H groups in total. The van der Waals surface area contributed by atoms with Crippen LogP contribution in [0.2, 0.25) is 0 Å². The van der Waals surface area contributed by atoms with Gasteiger partial charge in [0.1, 0.15) is 6.61 Å². The largest absolute Gasteiger partial charge is 0.476 e. The summed E-state index contributed by atoms with van der Waals surface area (Å²) in [6, 6.07) is 1.37. The molecule has 88 valence electrons. The Balaban J connectivity index is 1.73. The van der Waals surface area contributed by atoms with Gasteiger partial charge in [-0.3, -0.25) is 9.69 Å². The van der Waals surface area contributed by atoms with E-state index in [0.717, 1.165) is 19.6 Å². The number of hydrogen-bond donors (Lipinski definition) is 1. The molecular weight excluding hydrogens is 206 g/mol. The first-order valence-corrected chi connectivity index (χ1v) is 5.74. The van der Waals surface area contributed by atoms with Crippen molar-refractivity contribution >= 4 is 0 Å². The van der Waals surface area contributed by atoms with Crippen molar-refractivity contribution in [3.63, 3.8) is 0 Å². The van der Waals surface area contributed by atoms with Gasteiger partial charge in [-0.05, 0) is 25.9 Å². The van der Waals surface area contributed by atoms with Crippen LogP contribution in [0.15, 0.2) is 17.2 Å². The molecule has 5 heteroatoms. The molecule has 0 unspecified atom stereocenters. The lowest BCUT2D eigenvalue weighted by molar-refractivity contribution is 0.180. The highest BCUT2D eigenvalue weighted by molar-refractivity contribution is 5.04. The van der Waals surface area contributed by atoms with Crippen molar-refractivity contribution in [2.45, 2.75) is 19.3 Å². The molecule has 5 nitrogen and oxygen atoms in total. The van der Waals surface area contributed by atoms with Crippen molar-refractivity contribution in [3.8, 4) is 5.88 Å². The highest BCUT2D eigenvalue weighted by atomic mass is 16.5. The fraction of sp³-hybridized carbons (Fsp3) is 0.636. The number of rotatable bonds is 4. The van der Waals surface area contributed by atoms with Crippen LogP contribution in [0.3, 0.4) is 0 Å². The van der Waals surface area contributed by atoms with Crippen LogP contribution in [-0.4, -0.2) is 41.1 Å². The summed E-state index contributed by atoms with van der Waals surface area (Å²) in [4.78, 5) is 19.7. The Hall–Kier alpha value is -1.36. The molecule has 1 aliphatic rings. The third kappa shape index (κ3) is 3.34. The van der Waals surface area contributed by atoms with Crippen LogP contribution in [0, 0.1) is 0 Å². The van der Waals surface area contributed by atoms with Gasteiger partial charge in [0, 0.05) is 6.54 Å². The number of nitrogens with zero attached hydrogens (tertiary/aromatic N) is 2. The van der Waals surface area contributed by atoms with Crippen molar-refractivity contribution in [1.29, 1.82) is 0 Å². The van der Waals surface area contributed by atoms with E-state index in [1.165, 1.54) is 31.7 Å². The lowest BCUT2D eigenvalue weighted by atomic mass is 10.1. The van der Waals surface area contributed by atoms with Crippen LogP contribution >= 0.6 is 0 Å². The average Bonchev–Trinajstić information content (AvgIpc) is 2.30. The van der Waals surface area contributed by atoms with Crippen molar-refractivity contribution in [3.05, 3.63) is 22.7 Å². The van der Waals surface area contributed by atoms with E-state index in [1.807, 2.05) is 0 Å². The van der Waals surface area contributed by atoms with E-state index in [1.54, 1.807) is 0 Å². The summed E-state index contributed by atoms with van der Waals surface area (Å²) >= 11 is 0. The van der Waals surface area contributed by atoms with E-state index in [0.29, 0.717) is 12.5 Å². The number of aromatic amines is 1. The van der Waals surface area contributed by atoms with E-state index in [4.69, 9.17) is 4.74 Å². The van der Waals surface area contributed by atoms with E-state index < -0.39 is 0 Å². The van der Waals surface area contributed by atoms with Crippen LogP contribution < -0.4 is 10.3 Å². The zero-order chi connectivity index (χ0) is 11.2. The number of likely N-dealkylation sites (tertiary alicyclic amines) is 1. The maximum absolute atomic E-state index is 11.0. The third-order valence-corrected chi connectivity index (χ3v) is 2.76. The van der Waals surface area contributed by atoms with Gasteiger partial charge in [-0.2, -0.15) is 0 Å². The predicted octanol–water partition coefficient (Wildman–Crippen LogP) is 0.635. The maximum atomic E-state index is 11.0. The number of piperidine rings is 1. The number of ether oxygens (including phenoxy) is 1. The highest BCUT2D eigenvalue weighted by Crippen LogP contribution is 2.08. The Bertz CT molecular complexity index is 371. The second kappa shape index (κ2) is 5.65. The molecule has 1 aliphatic heterocycles. The zero-order valence-electron chi connectivity index (χ0n) is 9.32. The second-order valence-corrected chi connectivity index (χ2v) is 4.00. The van der Waals surface area contributed by atoms with Crippen LogP contribution in [0.4, 0.5) is 0 Å². The molecular formula is C11H17N3O2. The summed E-state index contributed by atoms with van der Waals surface area (Å²) in [5.41, 5.74) is -0.178. The van der Waals surface area contributed by atoms with E-state index >= 15 is 0 Å². The summed E-state index contributed by atoms with van der Waals surface area (Å²) in [5.74, 6) is 0.403. The smallest absolute Gasteiger partial charge is 0.254 e. The summed E-state index contributed by atoms with van der Waals surface area (Å²) in [6.07, 6.45) is 5.26. The topological polar surface area (TPSA) is 58.2 Å². The van der Waals surface area contributed by atoms with Crippen LogP contribution in [0.5, 0.6) is 5.88 Å². The van der Waals surface area contributed by atoms with Gasteiger partial charge in [-0.25, -0.2) is 4.98 Å². The molecule has 0 aliphatic carbocycles. The van der Waals surface area contributed by atoms with Gasteiger partial charge < -0.3 is 9.72 Å². The molecule has 0 spiro atoms. The quantitative estimate of drug-likeness (QED) is 0.813. The maximum Gasteiger partial charge on any atom is 0.254 e. The first-order valence-electron chi connectivity index (χ1n) is 5.74. The van der Waals surface area contributed by atoms with Gasteiger partial charge in [-0.1, -0.05) is 6.42 Å². The predicted molar refractivity (Wildman–Crippen MR) is 60.6 cm³/mol. The molecule has 0 atom stereocenters. The SMILES string of the molecule is O=c1cc(OCCN2CCCCC2)nc[nH]1. The molecule has 0 saturated carbocycles. The Labute approximate surface area is 94.5 Å². The third-order valence-electron chi connectivity index (χ3n) is 2.76. The minimum atomic E-state index is -0.178. The second-order valence-electron chi connectivity index (χ2n) is 4.00. The minimum absolute atomic E-state index is 0.178. The first-order chi connectivity index (χ1) is 7.84. The first kappa shape index (κ1) is 11.1. The van der Waals surface area contributed by atoms with Gasteiger partial charge in [0.15, 0.2) is 0 Å². The minimum Gasteiger partial charge on any atom is -0.476 e. The van der Waals surface area contributed by atoms with E-state index in [9.17, 15) is 4.79 Å². The van der Waals surface area contributed by atoms with Gasteiger partial charge in [0.25, 0.3) is 5.56 Å². The molecule has 0 aromatic carbocycles. The number of hydrogen-bond acceptors (Lipinski definition) is 4. The van der Waals surface area contributed by atoms with Crippen molar-refractivity contribution in [2.75, 3.05) is 26.2 Å². The molecule has 0 amide bonds. The average molecular weight is 223 g/mol. The Morgan fingerprint density at radius 1 is 1.38 bits per heavy atom. The zero-order valence-corrected chi connectivity index (χ0v) is 9.32. The molecule has 0 bridgehead atoms. The van der Waals surface area contributed by atoms with Crippen LogP contribution in [0.25, 0.3) is 0 Å². The Morgan fingerprint density at radius 2 is 2.19 bits per heavy atom. The molecule has 2 rings (SSSR count). The molecule has 1 saturated heterocycles. The number of nitrogens with one attached hydrogen (secondary N) is 1. The highest BCUT2D eigenvalue weighted by Gasteiger charge is 2.09. The van der Waals surface area contributed by atoms with E-state index in [2.05, 4.69) is 14.9 Å². The lowest BCUT2D eigenvalue weighted by Gasteiger charge is -2.25. The fourth-order valence-electron chi connectivity index (χ4n) is 1.89. The van der Waals surface area contributed by atoms with Gasteiger partial charge >= 0.3 is 0 Å². The van der Waals surface area contributed by atoms with Crippen molar-refractivity contribution in [2.24, 2.45) is 0 Å². The molecule has 16 heavy (non-hydrogen) atoms. The summed E-state index contributed by atoms with van der Waals surface area (Å²) in [5, 5.41) is 0. The van der Waals surface area contributed by atoms with E-state index in [-0.39, 0.29) is 5.56 Å². The fourth-order valence-corrected chi connectivity index (χ4v) is 1.89. The van der Waals surface area contributed by atoms with Gasteiger partial charge in [0.2, 0.25) is 5.88 Å². The number of aromatic nitrogens is 2. The standard InChI is InChI=1S/C11H17N3O2/c15-10-8-11(13-9-12-10)16-7-6-14-4-2-1-3-5-14/h8-9H,1-7H2,(H,12,13,15). The Morgan fingerprint density at radius 3 is 2.94 bits per heavy atom. The molecule has 1 fully saturated rings. The molecule has 1 aromatic rings. The molecule has 0 radical (unpaired) electrons. The van der Waals surface area contributed by atoms with Gasteiger partial charge in [-0.15, -0.1) is 0 Å². The van der Waals surface area contributed by atoms with Crippen molar-refractivity contribution in [1.82, 2.24) is 14.9 Å². The monoisotopic (exact) mass is 223 g/mol. The normalized spacial score (nSPS) is 17.2. The molecule has 1 aromatic heterocycles. The number of H-pyrrole nitrogens is 1. The van der Waals surface area contributed by atoms with Crippen LogP contribution in [-0.2, 0) is 0 Å². The molecule has 2 heterocycles. The summed E-state index contributed by atoms with van der Waals surface area (Å²) in [7, 11) is 0.